The van der Waals surface area contributed by atoms with Gasteiger partial charge in [-0.2, -0.15) is 0 Å². The van der Waals surface area contributed by atoms with E-state index in [1.54, 1.807) is 17.7 Å². The molecule has 0 saturated heterocycles. The van der Waals surface area contributed by atoms with Gasteiger partial charge in [0.05, 0.1) is 6.42 Å². The van der Waals surface area contributed by atoms with Crippen LogP contribution in [0.25, 0.3) is 0 Å². The van der Waals surface area contributed by atoms with Gasteiger partial charge in [-0.15, -0.1) is 0 Å². The predicted molar refractivity (Wildman–Crippen MR) is 74.6 cm³/mol. The van der Waals surface area contributed by atoms with Crippen molar-refractivity contribution >= 4 is 11.9 Å². The molecule has 1 aromatic heterocycles. The van der Waals surface area contributed by atoms with Gasteiger partial charge in [-0.3, -0.25) is 14.4 Å². The molecule has 1 amide bonds. The maximum Gasteiger partial charge on any atom is 0.305 e. The Balaban J connectivity index is 2.42. The Bertz CT molecular complexity index is 536. The SMILES string of the molecule is Cc1cccc(=O)n1CCCC(=O)N(C)CCC(=O)O. The van der Waals surface area contributed by atoms with Crippen molar-refractivity contribution < 1.29 is 14.7 Å². The lowest BCUT2D eigenvalue weighted by atomic mass is 10.2. The minimum atomic E-state index is -0.920. The normalized spacial score (nSPS) is 10.3. The Morgan fingerprint density at radius 2 is 2.00 bits per heavy atom. The number of amides is 1. The summed E-state index contributed by atoms with van der Waals surface area (Å²) >= 11 is 0. The molecule has 0 atom stereocenters. The zero-order valence-corrected chi connectivity index (χ0v) is 11.8. The first-order chi connectivity index (χ1) is 9.41. The van der Waals surface area contributed by atoms with Crippen LogP contribution in [0.5, 0.6) is 0 Å². The summed E-state index contributed by atoms with van der Waals surface area (Å²) in [5, 5.41) is 8.55. The Hall–Kier alpha value is -2.11. The van der Waals surface area contributed by atoms with Crippen LogP contribution in [0.2, 0.25) is 0 Å². The van der Waals surface area contributed by atoms with Gasteiger partial charge in [0.25, 0.3) is 5.56 Å². The number of carboxylic acids is 1. The van der Waals surface area contributed by atoms with Crippen LogP contribution in [0.1, 0.15) is 25.0 Å². The monoisotopic (exact) mass is 280 g/mol. The summed E-state index contributed by atoms with van der Waals surface area (Å²) < 4.78 is 1.63. The van der Waals surface area contributed by atoms with E-state index >= 15 is 0 Å². The second-order valence-corrected chi connectivity index (χ2v) is 4.72. The fourth-order valence-corrected chi connectivity index (χ4v) is 1.88. The van der Waals surface area contributed by atoms with Gasteiger partial charge >= 0.3 is 5.97 Å². The number of pyridine rings is 1. The number of nitrogens with zero attached hydrogens (tertiary/aromatic N) is 2. The van der Waals surface area contributed by atoms with E-state index in [9.17, 15) is 14.4 Å². The van der Waals surface area contributed by atoms with E-state index in [2.05, 4.69) is 0 Å². The molecule has 1 N–H and O–H groups in total. The highest BCUT2D eigenvalue weighted by molar-refractivity contribution is 5.76. The van der Waals surface area contributed by atoms with E-state index in [-0.39, 0.29) is 24.4 Å². The van der Waals surface area contributed by atoms with Crippen LogP contribution in [0.15, 0.2) is 23.0 Å². The minimum absolute atomic E-state index is 0.0561. The minimum Gasteiger partial charge on any atom is -0.481 e. The molecule has 0 aliphatic rings. The summed E-state index contributed by atoms with van der Waals surface area (Å²) in [4.78, 5) is 35.2. The third-order valence-corrected chi connectivity index (χ3v) is 3.13. The molecule has 0 aliphatic carbocycles. The zero-order chi connectivity index (χ0) is 15.1. The van der Waals surface area contributed by atoms with Gasteiger partial charge in [-0.05, 0) is 19.4 Å². The highest BCUT2D eigenvalue weighted by Crippen LogP contribution is 2.01. The topological polar surface area (TPSA) is 79.6 Å². The van der Waals surface area contributed by atoms with E-state index in [0.29, 0.717) is 19.4 Å². The van der Waals surface area contributed by atoms with Crippen molar-refractivity contribution in [2.75, 3.05) is 13.6 Å². The number of rotatable bonds is 7. The lowest BCUT2D eigenvalue weighted by molar-refractivity contribution is -0.138. The smallest absolute Gasteiger partial charge is 0.305 e. The fourth-order valence-electron chi connectivity index (χ4n) is 1.88. The quantitative estimate of drug-likeness (QED) is 0.803. The summed E-state index contributed by atoms with van der Waals surface area (Å²) in [7, 11) is 1.59. The van der Waals surface area contributed by atoms with E-state index in [1.165, 1.54) is 11.0 Å². The van der Waals surface area contributed by atoms with Crippen molar-refractivity contribution in [3.05, 3.63) is 34.2 Å². The van der Waals surface area contributed by atoms with E-state index < -0.39 is 5.97 Å². The molecular weight excluding hydrogens is 260 g/mol. The molecule has 110 valence electrons. The third kappa shape index (κ3) is 4.87. The highest BCUT2D eigenvalue weighted by Gasteiger charge is 2.10. The molecule has 1 aromatic rings. The lowest BCUT2D eigenvalue weighted by Crippen LogP contribution is -2.29. The first-order valence-corrected chi connectivity index (χ1v) is 6.54. The molecule has 6 heteroatoms. The molecule has 0 fully saturated rings. The number of carbonyl (C=O) groups is 2. The van der Waals surface area contributed by atoms with E-state index in [1.807, 2.05) is 13.0 Å². The summed E-state index contributed by atoms with van der Waals surface area (Å²) in [6, 6.07) is 5.05. The number of aromatic nitrogens is 1. The molecule has 1 rings (SSSR count). The number of carboxylic acid groups (broad SMARTS) is 1. The molecule has 0 bridgehead atoms. The first-order valence-electron chi connectivity index (χ1n) is 6.54. The maximum atomic E-state index is 11.8. The lowest BCUT2D eigenvalue weighted by Gasteiger charge is -2.16. The largest absolute Gasteiger partial charge is 0.481 e. The highest BCUT2D eigenvalue weighted by atomic mass is 16.4. The van der Waals surface area contributed by atoms with Gasteiger partial charge in [0.2, 0.25) is 5.91 Å². The fraction of sp³-hybridized carbons (Fsp3) is 0.500. The van der Waals surface area contributed by atoms with Crippen molar-refractivity contribution in [3.8, 4) is 0 Å². The standard InChI is InChI=1S/C14H20N2O4/c1-11-5-3-6-13(18)16(11)9-4-7-12(17)15(2)10-8-14(19)20/h3,5-6H,4,7-10H2,1-2H3,(H,19,20). The van der Waals surface area contributed by atoms with Gasteiger partial charge in [-0.25, -0.2) is 0 Å². The summed E-state index contributed by atoms with van der Waals surface area (Å²) in [5.74, 6) is -1.02. The van der Waals surface area contributed by atoms with Gasteiger partial charge in [-0.1, -0.05) is 6.07 Å². The second-order valence-electron chi connectivity index (χ2n) is 4.72. The van der Waals surface area contributed by atoms with Crippen molar-refractivity contribution in [2.24, 2.45) is 0 Å². The Morgan fingerprint density at radius 3 is 2.60 bits per heavy atom. The Morgan fingerprint density at radius 1 is 1.30 bits per heavy atom. The average Bonchev–Trinajstić information content (AvgIpc) is 2.39. The van der Waals surface area contributed by atoms with Crippen molar-refractivity contribution in [3.63, 3.8) is 0 Å². The maximum absolute atomic E-state index is 11.8. The van der Waals surface area contributed by atoms with Crippen LogP contribution < -0.4 is 5.56 Å². The number of hydrogen-bond donors (Lipinski definition) is 1. The molecule has 0 radical (unpaired) electrons. The number of carbonyl (C=O) groups excluding carboxylic acids is 1. The summed E-state index contributed by atoms with van der Waals surface area (Å²) in [6.45, 7) is 2.55. The summed E-state index contributed by atoms with van der Waals surface area (Å²) in [6.07, 6.45) is 0.803. The zero-order valence-electron chi connectivity index (χ0n) is 11.8. The third-order valence-electron chi connectivity index (χ3n) is 3.13. The van der Waals surface area contributed by atoms with Gasteiger partial charge in [0.1, 0.15) is 0 Å². The van der Waals surface area contributed by atoms with Crippen molar-refractivity contribution in [2.45, 2.75) is 32.7 Å². The number of hydrogen-bond acceptors (Lipinski definition) is 3. The summed E-state index contributed by atoms with van der Waals surface area (Å²) in [5.41, 5.74) is 0.792. The molecule has 0 aromatic carbocycles. The average molecular weight is 280 g/mol. The molecule has 1 heterocycles. The molecule has 0 spiro atoms. The van der Waals surface area contributed by atoms with E-state index in [0.717, 1.165) is 5.69 Å². The van der Waals surface area contributed by atoms with Crippen LogP contribution in [0.3, 0.4) is 0 Å². The second kappa shape index (κ2) is 7.47. The molecule has 6 nitrogen and oxygen atoms in total. The first kappa shape index (κ1) is 15.9. The van der Waals surface area contributed by atoms with Gasteiger partial charge in [0.15, 0.2) is 0 Å². The van der Waals surface area contributed by atoms with Crippen LogP contribution in [-0.2, 0) is 16.1 Å². The predicted octanol–water partition coefficient (Wildman–Crippen LogP) is 0.870. The number of aryl methyl sites for hydroxylation is 1. The molecule has 0 unspecified atom stereocenters. The van der Waals surface area contributed by atoms with Gasteiger partial charge < -0.3 is 14.6 Å². The van der Waals surface area contributed by atoms with Crippen molar-refractivity contribution in [1.82, 2.24) is 9.47 Å². The van der Waals surface area contributed by atoms with Gasteiger partial charge in [0, 0.05) is 38.3 Å². The number of aliphatic carboxylic acids is 1. The van der Waals surface area contributed by atoms with Crippen LogP contribution in [-0.4, -0.2) is 40.0 Å². The molecular formula is C14H20N2O4. The molecule has 20 heavy (non-hydrogen) atoms. The Kier molecular flexibility index (Phi) is 5.96. The van der Waals surface area contributed by atoms with Crippen LogP contribution in [0.4, 0.5) is 0 Å². The van der Waals surface area contributed by atoms with Crippen molar-refractivity contribution in [1.29, 1.82) is 0 Å². The Labute approximate surface area is 117 Å². The van der Waals surface area contributed by atoms with Crippen LogP contribution >= 0.6 is 0 Å². The van der Waals surface area contributed by atoms with Crippen LogP contribution in [0, 0.1) is 6.92 Å². The van der Waals surface area contributed by atoms with E-state index in [4.69, 9.17) is 5.11 Å². The molecule has 0 saturated carbocycles. The molecule has 0 aliphatic heterocycles.